The second kappa shape index (κ2) is 7.44. The summed E-state index contributed by atoms with van der Waals surface area (Å²) in [6.45, 7) is -0.666. The minimum absolute atomic E-state index is 0.237. The molecule has 3 aromatic rings. The molecule has 0 fully saturated rings. The van der Waals surface area contributed by atoms with Gasteiger partial charge in [-0.1, -0.05) is 24.3 Å². The van der Waals surface area contributed by atoms with E-state index in [-0.39, 0.29) is 16.9 Å². The molecule has 3 rings (SSSR count). The van der Waals surface area contributed by atoms with Crippen molar-refractivity contribution in [2.75, 3.05) is 5.32 Å². The fourth-order valence-electron chi connectivity index (χ4n) is 2.26. The van der Waals surface area contributed by atoms with Gasteiger partial charge in [-0.25, -0.2) is 4.39 Å². The molecule has 6 heteroatoms. The van der Waals surface area contributed by atoms with E-state index in [2.05, 4.69) is 10.3 Å². The first-order valence-electron chi connectivity index (χ1n) is 7.57. The summed E-state index contributed by atoms with van der Waals surface area (Å²) in [5.74, 6) is 0.314. The maximum Gasteiger partial charge on any atom is 0.259 e. The first-order chi connectivity index (χ1) is 12.2. The minimum atomic E-state index is -0.666. The number of ether oxygens (including phenoxy) is 1. The number of pyridine rings is 1. The van der Waals surface area contributed by atoms with Gasteiger partial charge >= 0.3 is 0 Å². The number of carbonyl (C=O) groups excluding carboxylic acids is 1. The average Bonchev–Trinajstić information content (AvgIpc) is 2.62. The molecule has 0 aliphatic heterocycles. The zero-order valence-electron chi connectivity index (χ0n) is 13.2. The van der Waals surface area contributed by atoms with Gasteiger partial charge in [-0.15, -0.1) is 0 Å². The van der Waals surface area contributed by atoms with Crippen LogP contribution >= 0.6 is 0 Å². The van der Waals surface area contributed by atoms with Gasteiger partial charge in [0.05, 0.1) is 5.56 Å². The molecule has 1 aromatic heterocycles. The van der Waals surface area contributed by atoms with E-state index >= 15 is 0 Å². The standard InChI is InChI=1S/C19H15FN2O3/c20-12-13-6-7-16(17(10-13)25-15-4-2-1-3-5-15)19(24)22-14-8-9-21-18(23)11-14/h1-11H,12H2,(H2,21,22,23,24). The fraction of sp³-hybridized carbons (Fsp3) is 0.0526. The highest BCUT2D eigenvalue weighted by atomic mass is 19.1. The van der Waals surface area contributed by atoms with E-state index in [0.29, 0.717) is 17.0 Å². The van der Waals surface area contributed by atoms with Crippen LogP contribution in [0.2, 0.25) is 0 Å². The Kier molecular flexibility index (Phi) is 4.89. The molecule has 25 heavy (non-hydrogen) atoms. The van der Waals surface area contributed by atoms with Gasteiger partial charge in [0, 0.05) is 18.0 Å². The number of hydrogen-bond donors (Lipinski definition) is 2. The van der Waals surface area contributed by atoms with Crippen LogP contribution in [0.5, 0.6) is 11.5 Å². The number of aromatic nitrogens is 1. The summed E-state index contributed by atoms with van der Waals surface area (Å²) in [5, 5.41) is 2.63. The molecular weight excluding hydrogens is 323 g/mol. The molecule has 0 spiro atoms. The second-order valence-electron chi connectivity index (χ2n) is 5.27. The number of benzene rings is 2. The zero-order valence-corrected chi connectivity index (χ0v) is 13.2. The normalized spacial score (nSPS) is 10.3. The summed E-state index contributed by atoms with van der Waals surface area (Å²) >= 11 is 0. The van der Waals surface area contributed by atoms with Crippen LogP contribution in [-0.2, 0) is 6.67 Å². The van der Waals surface area contributed by atoms with Gasteiger partial charge < -0.3 is 15.0 Å². The van der Waals surface area contributed by atoms with Gasteiger partial charge in [0.15, 0.2) is 0 Å². The van der Waals surface area contributed by atoms with Crippen molar-refractivity contribution in [2.45, 2.75) is 6.67 Å². The highest BCUT2D eigenvalue weighted by molar-refractivity contribution is 6.06. The highest BCUT2D eigenvalue weighted by Gasteiger charge is 2.15. The summed E-state index contributed by atoms with van der Waals surface area (Å²) in [6, 6.07) is 16.2. The van der Waals surface area contributed by atoms with E-state index in [1.807, 2.05) is 6.07 Å². The van der Waals surface area contributed by atoms with Crippen LogP contribution in [0, 0.1) is 0 Å². The second-order valence-corrected chi connectivity index (χ2v) is 5.27. The molecule has 0 bridgehead atoms. The lowest BCUT2D eigenvalue weighted by molar-refractivity contribution is 0.102. The molecule has 0 atom stereocenters. The number of anilines is 1. The smallest absolute Gasteiger partial charge is 0.259 e. The number of rotatable bonds is 5. The summed E-state index contributed by atoms with van der Waals surface area (Å²) in [7, 11) is 0. The van der Waals surface area contributed by atoms with Crippen molar-refractivity contribution in [3.8, 4) is 11.5 Å². The monoisotopic (exact) mass is 338 g/mol. The third kappa shape index (κ3) is 4.11. The predicted octanol–water partition coefficient (Wildman–Crippen LogP) is 3.89. The number of carbonyl (C=O) groups is 1. The zero-order chi connectivity index (χ0) is 17.6. The number of halogens is 1. The number of aromatic amines is 1. The van der Waals surface area contributed by atoms with E-state index in [1.54, 1.807) is 30.3 Å². The Balaban J connectivity index is 1.91. The van der Waals surface area contributed by atoms with Gasteiger partial charge in [0.1, 0.15) is 18.2 Å². The molecule has 1 heterocycles. The SMILES string of the molecule is O=C(Nc1cc[nH]c(=O)c1)c1ccc(CF)cc1Oc1ccccc1. The van der Waals surface area contributed by atoms with E-state index in [4.69, 9.17) is 4.74 Å². The number of para-hydroxylation sites is 1. The lowest BCUT2D eigenvalue weighted by Gasteiger charge is -2.12. The number of amides is 1. The van der Waals surface area contributed by atoms with Crippen LogP contribution in [0.15, 0.2) is 71.7 Å². The Morgan fingerprint density at radius 2 is 1.88 bits per heavy atom. The van der Waals surface area contributed by atoms with Crippen LogP contribution in [0.3, 0.4) is 0 Å². The van der Waals surface area contributed by atoms with E-state index in [9.17, 15) is 14.0 Å². The van der Waals surface area contributed by atoms with Crippen LogP contribution in [-0.4, -0.2) is 10.9 Å². The van der Waals surface area contributed by atoms with E-state index in [1.165, 1.54) is 30.5 Å². The maximum atomic E-state index is 13.0. The minimum Gasteiger partial charge on any atom is -0.457 e. The lowest BCUT2D eigenvalue weighted by Crippen LogP contribution is -2.15. The highest BCUT2D eigenvalue weighted by Crippen LogP contribution is 2.27. The quantitative estimate of drug-likeness (QED) is 0.741. The molecule has 0 aliphatic rings. The molecule has 126 valence electrons. The number of alkyl halides is 1. The molecule has 5 nitrogen and oxygen atoms in total. The molecule has 0 saturated heterocycles. The largest absolute Gasteiger partial charge is 0.457 e. The molecular formula is C19H15FN2O3. The van der Waals surface area contributed by atoms with Crippen molar-refractivity contribution in [2.24, 2.45) is 0 Å². The van der Waals surface area contributed by atoms with Gasteiger partial charge in [-0.3, -0.25) is 9.59 Å². The Bertz CT molecular complexity index is 939. The number of nitrogens with one attached hydrogen (secondary N) is 2. The Labute approximate surface area is 143 Å². The summed E-state index contributed by atoms with van der Waals surface area (Å²) in [5.41, 5.74) is 0.667. The van der Waals surface area contributed by atoms with Crippen molar-refractivity contribution in [1.29, 1.82) is 0 Å². The molecule has 0 radical (unpaired) electrons. The van der Waals surface area contributed by atoms with Gasteiger partial charge in [-0.2, -0.15) is 0 Å². The average molecular weight is 338 g/mol. The Hall–Kier alpha value is -3.41. The van der Waals surface area contributed by atoms with Crippen molar-refractivity contribution in [3.63, 3.8) is 0 Å². The molecule has 2 aromatic carbocycles. The van der Waals surface area contributed by atoms with Crippen molar-refractivity contribution in [3.05, 3.63) is 88.3 Å². The van der Waals surface area contributed by atoms with Crippen LogP contribution < -0.4 is 15.6 Å². The van der Waals surface area contributed by atoms with Crippen LogP contribution in [0.25, 0.3) is 0 Å². The summed E-state index contributed by atoms with van der Waals surface area (Å²) in [4.78, 5) is 26.3. The Morgan fingerprint density at radius 3 is 2.60 bits per heavy atom. The van der Waals surface area contributed by atoms with E-state index in [0.717, 1.165) is 0 Å². The third-order valence-corrected chi connectivity index (χ3v) is 3.45. The molecule has 2 N–H and O–H groups in total. The van der Waals surface area contributed by atoms with Crippen molar-refractivity contribution < 1.29 is 13.9 Å². The first kappa shape index (κ1) is 16.4. The number of H-pyrrole nitrogens is 1. The third-order valence-electron chi connectivity index (χ3n) is 3.45. The molecule has 0 aliphatic carbocycles. The van der Waals surface area contributed by atoms with Crippen molar-refractivity contribution in [1.82, 2.24) is 4.98 Å². The summed E-state index contributed by atoms with van der Waals surface area (Å²) in [6.07, 6.45) is 1.44. The van der Waals surface area contributed by atoms with Crippen LogP contribution in [0.1, 0.15) is 15.9 Å². The van der Waals surface area contributed by atoms with Gasteiger partial charge in [0.25, 0.3) is 5.91 Å². The molecule has 0 unspecified atom stereocenters. The van der Waals surface area contributed by atoms with Crippen molar-refractivity contribution >= 4 is 11.6 Å². The van der Waals surface area contributed by atoms with Gasteiger partial charge in [0.2, 0.25) is 5.56 Å². The first-order valence-corrected chi connectivity index (χ1v) is 7.57. The summed E-state index contributed by atoms with van der Waals surface area (Å²) < 4.78 is 18.7. The number of hydrogen-bond acceptors (Lipinski definition) is 3. The predicted molar refractivity (Wildman–Crippen MR) is 92.8 cm³/mol. The van der Waals surface area contributed by atoms with Crippen LogP contribution in [0.4, 0.5) is 10.1 Å². The Morgan fingerprint density at radius 1 is 1.08 bits per heavy atom. The topological polar surface area (TPSA) is 71.2 Å². The molecule has 1 amide bonds. The fourth-order valence-corrected chi connectivity index (χ4v) is 2.26. The lowest BCUT2D eigenvalue weighted by atomic mass is 10.1. The maximum absolute atomic E-state index is 13.0. The molecule has 0 saturated carbocycles. The van der Waals surface area contributed by atoms with E-state index < -0.39 is 12.6 Å². The van der Waals surface area contributed by atoms with Gasteiger partial charge in [-0.05, 0) is 35.9 Å².